The van der Waals surface area contributed by atoms with Crippen molar-refractivity contribution in [1.29, 1.82) is 0 Å². The molecule has 1 aromatic heterocycles. The van der Waals surface area contributed by atoms with Crippen LogP contribution in [0.3, 0.4) is 0 Å². The van der Waals surface area contributed by atoms with Crippen LogP contribution in [0.5, 0.6) is 0 Å². The molecule has 1 aromatic rings. The van der Waals surface area contributed by atoms with Crippen LogP contribution in [-0.4, -0.2) is 22.4 Å². The molecule has 0 aliphatic rings. The number of carbonyl (C=O) groups is 1. The summed E-state index contributed by atoms with van der Waals surface area (Å²) in [4.78, 5) is 12.0. The molecule has 1 unspecified atom stereocenters. The van der Waals surface area contributed by atoms with Gasteiger partial charge in [0.1, 0.15) is 0 Å². The van der Waals surface area contributed by atoms with Crippen molar-refractivity contribution in [3.63, 3.8) is 0 Å². The molecule has 1 rings (SSSR count). The van der Waals surface area contributed by atoms with E-state index in [1.807, 2.05) is 0 Å². The molecule has 5 heteroatoms. The van der Waals surface area contributed by atoms with Gasteiger partial charge in [-0.25, -0.2) is 0 Å². The van der Waals surface area contributed by atoms with E-state index in [2.05, 4.69) is 40.3 Å². The quantitative estimate of drug-likeness (QED) is 0.822. The molecule has 17 heavy (non-hydrogen) atoms. The third-order valence-electron chi connectivity index (χ3n) is 2.87. The highest BCUT2D eigenvalue weighted by atomic mass is 79.9. The van der Waals surface area contributed by atoms with Crippen LogP contribution in [0.1, 0.15) is 42.9 Å². The average Bonchev–Trinajstić information content (AvgIpc) is 2.74. The van der Waals surface area contributed by atoms with E-state index in [1.165, 1.54) is 0 Å². The lowest BCUT2D eigenvalue weighted by atomic mass is 9.99. The zero-order chi connectivity index (χ0) is 12.8. The van der Waals surface area contributed by atoms with Crippen LogP contribution in [0.2, 0.25) is 0 Å². The predicted octanol–water partition coefficient (Wildman–Crippen LogP) is 2.91. The number of nitrogens with one attached hydrogen (secondary N) is 1. The van der Waals surface area contributed by atoms with E-state index in [1.54, 1.807) is 13.0 Å². The van der Waals surface area contributed by atoms with Gasteiger partial charge >= 0.3 is 0 Å². The second-order valence-corrected chi connectivity index (χ2v) is 5.31. The van der Waals surface area contributed by atoms with Gasteiger partial charge in [-0.15, -0.1) is 0 Å². The lowest BCUT2D eigenvalue weighted by Gasteiger charge is -2.19. The van der Waals surface area contributed by atoms with E-state index in [4.69, 9.17) is 4.52 Å². The first-order chi connectivity index (χ1) is 8.08. The Kier molecular flexibility index (Phi) is 5.68. The van der Waals surface area contributed by atoms with Crippen LogP contribution in [-0.2, 0) is 0 Å². The van der Waals surface area contributed by atoms with E-state index in [9.17, 15) is 4.79 Å². The molecular weight excluding hydrogens is 284 g/mol. The lowest BCUT2D eigenvalue weighted by Crippen LogP contribution is -2.32. The fourth-order valence-electron chi connectivity index (χ4n) is 1.71. The molecule has 1 N–H and O–H groups in total. The third-order valence-corrected chi connectivity index (χ3v) is 3.94. The molecule has 0 saturated carbocycles. The minimum Gasteiger partial charge on any atom is -0.351 e. The molecule has 1 heterocycles. The van der Waals surface area contributed by atoms with Crippen molar-refractivity contribution in [1.82, 2.24) is 10.5 Å². The highest BCUT2D eigenvalue weighted by molar-refractivity contribution is 9.09. The first-order valence-electron chi connectivity index (χ1n) is 5.94. The predicted molar refractivity (Wildman–Crippen MR) is 70.4 cm³/mol. The van der Waals surface area contributed by atoms with Gasteiger partial charge in [0.25, 0.3) is 5.91 Å². The molecule has 0 radical (unpaired) electrons. The molecule has 0 bridgehead atoms. The molecule has 1 amide bonds. The van der Waals surface area contributed by atoms with Gasteiger partial charge in [-0.05, 0) is 12.8 Å². The Hall–Kier alpha value is -0.840. The van der Waals surface area contributed by atoms with Crippen LogP contribution in [0, 0.1) is 12.8 Å². The molecule has 0 spiro atoms. The van der Waals surface area contributed by atoms with E-state index < -0.39 is 0 Å². The Bertz CT molecular complexity index is 361. The number of halogens is 1. The van der Waals surface area contributed by atoms with Gasteiger partial charge in [-0.2, -0.15) is 0 Å². The van der Waals surface area contributed by atoms with Crippen LogP contribution in [0.4, 0.5) is 0 Å². The molecule has 4 nitrogen and oxygen atoms in total. The molecule has 0 aliphatic carbocycles. The second-order valence-electron chi connectivity index (χ2n) is 4.14. The number of rotatable bonds is 6. The zero-order valence-corrected chi connectivity index (χ0v) is 12.1. The molecular formula is C12H19BrN2O2. The monoisotopic (exact) mass is 302 g/mol. The topological polar surface area (TPSA) is 55.1 Å². The van der Waals surface area contributed by atoms with Crippen molar-refractivity contribution in [2.45, 2.75) is 38.4 Å². The van der Waals surface area contributed by atoms with E-state index in [0.717, 1.165) is 12.8 Å². The number of nitrogens with zero attached hydrogens (tertiary/aromatic N) is 1. The maximum Gasteiger partial charge on any atom is 0.289 e. The molecule has 96 valence electrons. The Morgan fingerprint density at radius 1 is 1.53 bits per heavy atom. The van der Waals surface area contributed by atoms with Gasteiger partial charge < -0.3 is 9.84 Å². The number of amides is 1. The van der Waals surface area contributed by atoms with E-state index in [0.29, 0.717) is 23.0 Å². The van der Waals surface area contributed by atoms with E-state index >= 15 is 0 Å². The Balaban J connectivity index is 2.43. The molecule has 0 saturated heterocycles. The van der Waals surface area contributed by atoms with Crippen LogP contribution < -0.4 is 5.32 Å². The van der Waals surface area contributed by atoms with Crippen molar-refractivity contribution < 1.29 is 9.32 Å². The molecule has 0 fully saturated rings. The third kappa shape index (κ3) is 4.15. The SMILES string of the molecule is CCC(CC)C(Br)CNC(=O)c1cc(C)no1. The van der Waals surface area contributed by atoms with Crippen LogP contribution in [0.15, 0.2) is 10.6 Å². The van der Waals surface area contributed by atoms with Gasteiger partial charge in [0, 0.05) is 17.4 Å². The van der Waals surface area contributed by atoms with Crippen molar-refractivity contribution in [3.8, 4) is 0 Å². The first kappa shape index (κ1) is 14.2. The average molecular weight is 303 g/mol. The number of hydrogen-bond acceptors (Lipinski definition) is 3. The summed E-state index contributed by atoms with van der Waals surface area (Å²) in [5.41, 5.74) is 0.713. The van der Waals surface area contributed by atoms with Gasteiger partial charge in [-0.1, -0.05) is 47.8 Å². The largest absolute Gasteiger partial charge is 0.351 e. The van der Waals surface area contributed by atoms with Crippen molar-refractivity contribution in [2.75, 3.05) is 6.54 Å². The standard InChI is InChI=1S/C12H19BrN2O2/c1-4-9(5-2)10(13)7-14-12(16)11-6-8(3)15-17-11/h6,9-10H,4-5,7H2,1-3H3,(H,14,16). The minimum absolute atomic E-state index is 0.207. The summed E-state index contributed by atoms with van der Waals surface area (Å²) in [7, 11) is 0. The summed E-state index contributed by atoms with van der Waals surface area (Å²) >= 11 is 3.61. The summed E-state index contributed by atoms with van der Waals surface area (Å²) in [6.07, 6.45) is 2.20. The fraction of sp³-hybridized carbons (Fsp3) is 0.667. The number of hydrogen-bond donors (Lipinski definition) is 1. The van der Waals surface area contributed by atoms with Crippen LogP contribution in [0.25, 0.3) is 0 Å². The Morgan fingerprint density at radius 2 is 2.18 bits per heavy atom. The maximum atomic E-state index is 11.7. The highest BCUT2D eigenvalue weighted by Gasteiger charge is 2.17. The Labute approximate surface area is 110 Å². The summed E-state index contributed by atoms with van der Waals surface area (Å²) in [5.74, 6) is 0.638. The fourth-order valence-corrected chi connectivity index (χ4v) is 2.62. The number of aryl methyl sites for hydroxylation is 1. The normalized spacial score (nSPS) is 12.8. The van der Waals surface area contributed by atoms with Crippen molar-refractivity contribution in [2.24, 2.45) is 5.92 Å². The Morgan fingerprint density at radius 3 is 2.65 bits per heavy atom. The minimum atomic E-state index is -0.207. The van der Waals surface area contributed by atoms with Gasteiger partial charge in [0.2, 0.25) is 5.76 Å². The van der Waals surface area contributed by atoms with Crippen molar-refractivity contribution >= 4 is 21.8 Å². The summed E-state index contributed by atoms with van der Waals surface area (Å²) in [5, 5.41) is 6.53. The molecule has 0 aromatic carbocycles. The first-order valence-corrected chi connectivity index (χ1v) is 6.85. The molecule has 1 atom stereocenters. The zero-order valence-electron chi connectivity index (χ0n) is 10.5. The van der Waals surface area contributed by atoms with Crippen molar-refractivity contribution in [3.05, 3.63) is 17.5 Å². The number of alkyl halides is 1. The number of aromatic nitrogens is 1. The lowest BCUT2D eigenvalue weighted by molar-refractivity contribution is 0.0915. The highest BCUT2D eigenvalue weighted by Crippen LogP contribution is 2.19. The number of carbonyl (C=O) groups excluding carboxylic acids is 1. The van der Waals surface area contributed by atoms with Gasteiger partial charge in [0.15, 0.2) is 0 Å². The smallest absolute Gasteiger partial charge is 0.289 e. The summed E-state index contributed by atoms with van der Waals surface area (Å²) < 4.78 is 4.89. The summed E-state index contributed by atoms with van der Waals surface area (Å²) in [6.45, 7) is 6.71. The summed E-state index contributed by atoms with van der Waals surface area (Å²) in [6, 6.07) is 1.63. The van der Waals surface area contributed by atoms with Crippen LogP contribution >= 0.6 is 15.9 Å². The second kappa shape index (κ2) is 6.79. The van der Waals surface area contributed by atoms with E-state index in [-0.39, 0.29) is 11.7 Å². The van der Waals surface area contributed by atoms with Gasteiger partial charge in [0.05, 0.1) is 5.69 Å². The maximum absolute atomic E-state index is 11.7. The van der Waals surface area contributed by atoms with Gasteiger partial charge in [-0.3, -0.25) is 4.79 Å². The molecule has 0 aliphatic heterocycles.